The Morgan fingerprint density at radius 1 is 1.67 bits per heavy atom. The molecule has 0 saturated heterocycles. The molecule has 0 aliphatic carbocycles. The molecule has 0 aromatic heterocycles. The maximum atomic E-state index is 8.25. The summed E-state index contributed by atoms with van der Waals surface area (Å²) in [5.74, 6) is 0. The molecule has 38 valence electrons. The molecule has 0 radical (unpaired) electrons. The fourth-order valence-corrected chi connectivity index (χ4v) is 0.171. The second-order valence-corrected chi connectivity index (χ2v) is 1.14. The molecule has 0 heterocycles. The van der Waals surface area contributed by atoms with Crippen LogP contribution in [0.2, 0.25) is 0 Å². The second kappa shape index (κ2) is 3.08. The van der Waals surface area contributed by atoms with Gasteiger partial charge in [0.05, 0.1) is 0 Å². The highest BCUT2D eigenvalue weighted by molar-refractivity contribution is 4.41. The summed E-state index contributed by atoms with van der Waals surface area (Å²) >= 11 is 0. The Kier molecular flexibility index (Phi) is 3.02. The lowest BCUT2D eigenvalue weighted by atomic mass is 10.4. The Labute approximate surface area is 36.9 Å². The van der Waals surface area contributed by atoms with E-state index in [1.165, 1.54) is 0 Å². The highest BCUT2D eigenvalue weighted by Crippen LogP contribution is 1.72. The third-order valence-electron chi connectivity index (χ3n) is 0.462. The van der Waals surface area contributed by atoms with E-state index in [1.54, 1.807) is 0 Å². The van der Waals surface area contributed by atoms with Crippen molar-refractivity contribution in [3.8, 4) is 0 Å². The van der Waals surface area contributed by atoms with E-state index in [0.717, 1.165) is 0 Å². The van der Waals surface area contributed by atoms with Gasteiger partial charge in [0.15, 0.2) is 0 Å². The minimum atomic E-state index is -0.727. The smallest absolute Gasteiger partial charge is 0.103 e. The standard InChI is InChI=1S/C3H10N2O/c4-2-1-3(5)6/h3,6H,1-2,4-5H2. The Morgan fingerprint density at radius 3 is 2.17 bits per heavy atom. The Morgan fingerprint density at radius 2 is 2.17 bits per heavy atom. The molecule has 0 spiro atoms. The lowest BCUT2D eigenvalue weighted by Crippen LogP contribution is -2.22. The summed E-state index contributed by atoms with van der Waals surface area (Å²) in [7, 11) is 0. The lowest BCUT2D eigenvalue weighted by molar-refractivity contribution is 0.175. The minimum Gasteiger partial charge on any atom is -0.379 e. The van der Waals surface area contributed by atoms with E-state index in [2.05, 4.69) is 0 Å². The van der Waals surface area contributed by atoms with Gasteiger partial charge in [0.2, 0.25) is 0 Å². The summed E-state index contributed by atoms with van der Waals surface area (Å²) in [4.78, 5) is 0. The van der Waals surface area contributed by atoms with Crippen LogP contribution in [0, 0.1) is 0 Å². The maximum Gasteiger partial charge on any atom is 0.103 e. The third-order valence-corrected chi connectivity index (χ3v) is 0.462. The van der Waals surface area contributed by atoms with Gasteiger partial charge in [0, 0.05) is 0 Å². The van der Waals surface area contributed by atoms with Crippen molar-refractivity contribution in [3.05, 3.63) is 0 Å². The minimum absolute atomic E-state index is 0.456. The molecule has 5 N–H and O–H groups in total. The molecule has 0 aromatic carbocycles. The highest BCUT2D eigenvalue weighted by Gasteiger charge is 1.87. The van der Waals surface area contributed by atoms with Gasteiger partial charge < -0.3 is 16.6 Å². The van der Waals surface area contributed by atoms with Crippen LogP contribution >= 0.6 is 0 Å². The van der Waals surface area contributed by atoms with Gasteiger partial charge in [-0.15, -0.1) is 0 Å². The van der Waals surface area contributed by atoms with Crippen molar-refractivity contribution in [1.29, 1.82) is 0 Å². The third kappa shape index (κ3) is 3.88. The van der Waals surface area contributed by atoms with Crippen LogP contribution < -0.4 is 11.5 Å². The first-order chi connectivity index (χ1) is 2.77. The molecular formula is C3H10N2O. The van der Waals surface area contributed by atoms with Crippen LogP contribution in [0.4, 0.5) is 0 Å². The highest BCUT2D eigenvalue weighted by atomic mass is 16.3. The normalized spacial score (nSPS) is 14.5. The number of hydrogen-bond donors (Lipinski definition) is 3. The van der Waals surface area contributed by atoms with Crippen molar-refractivity contribution in [3.63, 3.8) is 0 Å². The zero-order valence-electron chi connectivity index (χ0n) is 3.59. The summed E-state index contributed by atoms with van der Waals surface area (Å²) in [6.07, 6.45) is -0.241. The van der Waals surface area contributed by atoms with E-state index in [4.69, 9.17) is 16.6 Å². The van der Waals surface area contributed by atoms with Crippen LogP contribution in [0.5, 0.6) is 0 Å². The first-order valence-corrected chi connectivity index (χ1v) is 1.91. The molecule has 0 saturated carbocycles. The summed E-state index contributed by atoms with van der Waals surface area (Å²) in [6.45, 7) is 0.456. The number of aliphatic hydroxyl groups is 1. The van der Waals surface area contributed by atoms with Gasteiger partial charge in [0.25, 0.3) is 0 Å². The largest absolute Gasteiger partial charge is 0.379 e. The maximum absolute atomic E-state index is 8.25. The van der Waals surface area contributed by atoms with Gasteiger partial charge >= 0.3 is 0 Å². The van der Waals surface area contributed by atoms with Crippen molar-refractivity contribution in [2.24, 2.45) is 11.5 Å². The molecule has 0 rings (SSSR count). The fourth-order valence-electron chi connectivity index (χ4n) is 0.171. The van der Waals surface area contributed by atoms with Crippen LogP contribution in [0.1, 0.15) is 6.42 Å². The van der Waals surface area contributed by atoms with Crippen molar-refractivity contribution in [2.45, 2.75) is 12.6 Å². The molecule has 6 heavy (non-hydrogen) atoms. The van der Waals surface area contributed by atoms with Crippen LogP contribution in [0.25, 0.3) is 0 Å². The lowest BCUT2D eigenvalue weighted by Gasteiger charge is -1.96. The predicted molar refractivity (Wildman–Crippen MR) is 23.9 cm³/mol. The molecular weight excluding hydrogens is 80.0 g/mol. The zero-order chi connectivity index (χ0) is 4.99. The fraction of sp³-hybridized carbons (Fsp3) is 1.00. The topological polar surface area (TPSA) is 72.3 Å². The Hall–Kier alpha value is -0.120. The van der Waals surface area contributed by atoms with Crippen molar-refractivity contribution in [1.82, 2.24) is 0 Å². The molecule has 0 aliphatic rings. The van der Waals surface area contributed by atoms with E-state index < -0.39 is 6.23 Å². The summed E-state index contributed by atoms with van der Waals surface area (Å²) in [5, 5.41) is 8.25. The van der Waals surface area contributed by atoms with Crippen molar-refractivity contribution < 1.29 is 5.11 Å². The van der Waals surface area contributed by atoms with Crippen molar-refractivity contribution >= 4 is 0 Å². The van der Waals surface area contributed by atoms with Crippen LogP contribution in [-0.2, 0) is 0 Å². The number of aliphatic hydroxyl groups excluding tert-OH is 1. The molecule has 0 amide bonds. The van der Waals surface area contributed by atoms with Gasteiger partial charge in [-0.1, -0.05) is 0 Å². The molecule has 3 nitrogen and oxygen atoms in total. The molecule has 1 unspecified atom stereocenters. The number of rotatable bonds is 2. The van der Waals surface area contributed by atoms with Crippen LogP contribution in [-0.4, -0.2) is 17.9 Å². The van der Waals surface area contributed by atoms with Crippen LogP contribution in [0.15, 0.2) is 0 Å². The monoisotopic (exact) mass is 90.1 g/mol. The van der Waals surface area contributed by atoms with Gasteiger partial charge in [-0.3, -0.25) is 0 Å². The van der Waals surface area contributed by atoms with Crippen molar-refractivity contribution in [2.75, 3.05) is 6.54 Å². The number of nitrogens with two attached hydrogens (primary N) is 2. The van der Waals surface area contributed by atoms with Gasteiger partial charge in [-0.05, 0) is 13.0 Å². The summed E-state index contributed by atoms with van der Waals surface area (Å²) in [5.41, 5.74) is 9.87. The molecule has 1 atom stereocenters. The van der Waals surface area contributed by atoms with E-state index in [9.17, 15) is 0 Å². The first-order valence-electron chi connectivity index (χ1n) is 1.91. The first kappa shape index (κ1) is 5.88. The van der Waals surface area contributed by atoms with Gasteiger partial charge in [-0.25, -0.2) is 0 Å². The van der Waals surface area contributed by atoms with Gasteiger partial charge in [-0.2, -0.15) is 0 Å². The molecule has 3 heteroatoms. The second-order valence-electron chi connectivity index (χ2n) is 1.14. The van der Waals surface area contributed by atoms with E-state index in [-0.39, 0.29) is 0 Å². The molecule has 0 fully saturated rings. The molecule has 0 bridgehead atoms. The molecule has 0 aromatic rings. The van der Waals surface area contributed by atoms with E-state index in [1.807, 2.05) is 0 Å². The summed E-state index contributed by atoms with van der Waals surface area (Å²) < 4.78 is 0. The summed E-state index contributed by atoms with van der Waals surface area (Å²) in [6, 6.07) is 0. The van der Waals surface area contributed by atoms with Gasteiger partial charge in [0.1, 0.15) is 6.23 Å². The zero-order valence-corrected chi connectivity index (χ0v) is 3.59. The molecule has 0 aliphatic heterocycles. The predicted octanol–water partition coefficient (Wildman–Crippen LogP) is -1.39. The number of hydrogen-bond acceptors (Lipinski definition) is 3. The average molecular weight is 90.1 g/mol. The SMILES string of the molecule is NCCC(N)O. The van der Waals surface area contributed by atoms with E-state index in [0.29, 0.717) is 13.0 Å². The van der Waals surface area contributed by atoms with E-state index >= 15 is 0 Å². The average Bonchev–Trinajstić information content (AvgIpc) is 1.35. The quantitative estimate of drug-likeness (QED) is 0.366. The van der Waals surface area contributed by atoms with Crippen LogP contribution in [0.3, 0.4) is 0 Å². The Balaban J connectivity index is 2.63. The Bertz CT molecular complexity index is 30.0.